The topological polar surface area (TPSA) is 58.9 Å². The fourth-order valence-electron chi connectivity index (χ4n) is 1.80. The Morgan fingerprint density at radius 2 is 2.21 bits per heavy atom. The van der Waals surface area contributed by atoms with Crippen molar-refractivity contribution in [3.63, 3.8) is 0 Å². The second kappa shape index (κ2) is 3.20. The summed E-state index contributed by atoms with van der Waals surface area (Å²) in [5, 5.41) is 14.9. The number of nitrogens with zero attached hydrogens (tertiary/aromatic N) is 5. The number of tetrazole rings is 1. The number of hydrogen-bond acceptors (Lipinski definition) is 5. The molecule has 6 heteroatoms. The first-order valence-electron chi connectivity index (χ1n) is 4.81. The van der Waals surface area contributed by atoms with E-state index in [0.717, 1.165) is 25.6 Å². The Morgan fingerprint density at radius 3 is 2.79 bits per heavy atom. The summed E-state index contributed by atoms with van der Waals surface area (Å²) in [6, 6.07) is 0. The Balaban J connectivity index is 2.16. The van der Waals surface area contributed by atoms with Gasteiger partial charge in [0.05, 0.1) is 0 Å². The molecule has 1 fully saturated rings. The van der Waals surface area contributed by atoms with E-state index in [1.165, 1.54) is 0 Å². The van der Waals surface area contributed by atoms with Crippen LogP contribution in [0.3, 0.4) is 0 Å². The van der Waals surface area contributed by atoms with Crippen molar-refractivity contribution in [3.05, 3.63) is 0 Å². The first-order chi connectivity index (χ1) is 6.58. The van der Waals surface area contributed by atoms with Gasteiger partial charge in [0, 0.05) is 32.2 Å². The normalized spacial score (nSPS) is 21.2. The Morgan fingerprint density at radius 1 is 1.43 bits per heavy atom. The van der Waals surface area contributed by atoms with Crippen molar-refractivity contribution in [1.29, 1.82) is 0 Å². The number of rotatable bonds is 1. The second-order valence-electron chi connectivity index (χ2n) is 4.33. The molecule has 14 heavy (non-hydrogen) atoms. The highest BCUT2D eigenvalue weighted by Gasteiger charge is 2.27. The van der Waals surface area contributed by atoms with Crippen molar-refractivity contribution in [2.45, 2.75) is 19.4 Å². The monoisotopic (exact) mass is 196 g/mol. The molecule has 0 aromatic carbocycles. The molecule has 78 valence electrons. The summed E-state index contributed by atoms with van der Waals surface area (Å²) >= 11 is 0. The third-order valence-corrected chi connectivity index (χ3v) is 2.45. The van der Waals surface area contributed by atoms with E-state index in [2.05, 4.69) is 39.6 Å². The zero-order valence-electron chi connectivity index (χ0n) is 8.86. The maximum Gasteiger partial charge on any atom is 0.245 e. The minimum Gasteiger partial charge on any atom is -0.337 e. The number of anilines is 1. The molecule has 0 unspecified atom stereocenters. The first-order valence-corrected chi connectivity index (χ1v) is 4.81. The zero-order valence-corrected chi connectivity index (χ0v) is 8.86. The van der Waals surface area contributed by atoms with Crippen LogP contribution in [0.25, 0.3) is 0 Å². The summed E-state index contributed by atoms with van der Waals surface area (Å²) in [5.41, 5.74) is 0.129. The Bertz CT molecular complexity index is 317. The number of hydrogen-bond donors (Lipinski definition) is 1. The zero-order chi connectivity index (χ0) is 10.2. The number of aromatic nitrogens is 4. The van der Waals surface area contributed by atoms with Crippen LogP contribution in [-0.4, -0.2) is 45.4 Å². The lowest BCUT2D eigenvalue weighted by atomic mass is 10.0. The van der Waals surface area contributed by atoms with Gasteiger partial charge in [0.25, 0.3) is 0 Å². The molecule has 1 N–H and O–H groups in total. The van der Waals surface area contributed by atoms with E-state index >= 15 is 0 Å². The second-order valence-corrected chi connectivity index (χ2v) is 4.33. The van der Waals surface area contributed by atoms with Gasteiger partial charge >= 0.3 is 0 Å². The summed E-state index contributed by atoms with van der Waals surface area (Å²) in [6.45, 7) is 7.23. The standard InChI is InChI=1S/C8H16N6/c1-8(2)6-14(5-4-9-8)7-10-11-12-13(7)3/h9H,4-6H2,1-3H3. The lowest BCUT2D eigenvalue weighted by Gasteiger charge is -2.38. The molecule has 1 aromatic heterocycles. The number of nitrogens with one attached hydrogen (secondary N) is 1. The fraction of sp³-hybridized carbons (Fsp3) is 0.875. The van der Waals surface area contributed by atoms with Crippen molar-refractivity contribution >= 4 is 5.95 Å². The van der Waals surface area contributed by atoms with Crippen LogP contribution in [0.5, 0.6) is 0 Å². The van der Waals surface area contributed by atoms with Crippen LogP contribution in [0, 0.1) is 0 Å². The highest BCUT2D eigenvalue weighted by atomic mass is 15.6. The molecule has 0 saturated carbocycles. The molecule has 0 atom stereocenters. The summed E-state index contributed by atoms with van der Waals surface area (Å²) in [4.78, 5) is 2.20. The van der Waals surface area contributed by atoms with E-state index in [1.54, 1.807) is 4.68 Å². The summed E-state index contributed by atoms with van der Waals surface area (Å²) in [7, 11) is 1.87. The van der Waals surface area contributed by atoms with Gasteiger partial charge in [-0.3, -0.25) is 0 Å². The van der Waals surface area contributed by atoms with E-state index in [-0.39, 0.29) is 5.54 Å². The van der Waals surface area contributed by atoms with Crippen LogP contribution >= 0.6 is 0 Å². The van der Waals surface area contributed by atoms with Crippen molar-refractivity contribution in [2.24, 2.45) is 7.05 Å². The molecule has 0 bridgehead atoms. The maximum atomic E-state index is 4.00. The van der Waals surface area contributed by atoms with E-state index in [0.29, 0.717) is 0 Å². The molecule has 2 rings (SSSR count). The highest BCUT2D eigenvalue weighted by Crippen LogP contribution is 2.15. The predicted molar refractivity (Wildman–Crippen MR) is 53.1 cm³/mol. The minimum absolute atomic E-state index is 0.129. The van der Waals surface area contributed by atoms with Gasteiger partial charge in [-0.1, -0.05) is 5.10 Å². The van der Waals surface area contributed by atoms with Gasteiger partial charge < -0.3 is 10.2 Å². The van der Waals surface area contributed by atoms with Gasteiger partial charge in [-0.2, -0.15) is 0 Å². The van der Waals surface area contributed by atoms with Crippen LogP contribution in [0.4, 0.5) is 5.95 Å². The molecule has 0 radical (unpaired) electrons. The van der Waals surface area contributed by atoms with Crippen LogP contribution in [0.2, 0.25) is 0 Å². The van der Waals surface area contributed by atoms with Crippen molar-refractivity contribution in [2.75, 3.05) is 24.5 Å². The molecule has 1 aromatic rings. The maximum absolute atomic E-state index is 4.00. The van der Waals surface area contributed by atoms with Gasteiger partial charge in [-0.15, -0.1) is 0 Å². The van der Waals surface area contributed by atoms with Gasteiger partial charge in [0.15, 0.2) is 0 Å². The van der Waals surface area contributed by atoms with Gasteiger partial charge in [-0.05, 0) is 24.3 Å². The largest absolute Gasteiger partial charge is 0.337 e. The molecule has 0 spiro atoms. The Labute approximate surface area is 83.3 Å². The van der Waals surface area contributed by atoms with Crippen LogP contribution in [-0.2, 0) is 7.05 Å². The molecule has 0 amide bonds. The number of piperazine rings is 1. The van der Waals surface area contributed by atoms with Crippen molar-refractivity contribution in [1.82, 2.24) is 25.5 Å². The van der Waals surface area contributed by atoms with E-state index in [4.69, 9.17) is 0 Å². The smallest absolute Gasteiger partial charge is 0.245 e. The molecule has 6 nitrogen and oxygen atoms in total. The van der Waals surface area contributed by atoms with Gasteiger partial charge in [0.1, 0.15) is 0 Å². The summed E-state index contributed by atoms with van der Waals surface area (Å²) < 4.78 is 1.71. The molecule has 2 heterocycles. The third-order valence-electron chi connectivity index (χ3n) is 2.45. The molecule has 1 aliphatic heterocycles. The fourth-order valence-corrected chi connectivity index (χ4v) is 1.80. The van der Waals surface area contributed by atoms with Gasteiger partial charge in [-0.25, -0.2) is 4.68 Å². The summed E-state index contributed by atoms with van der Waals surface area (Å²) in [6.07, 6.45) is 0. The minimum atomic E-state index is 0.129. The molecule has 1 aliphatic rings. The predicted octanol–water partition coefficient (Wildman–Crippen LogP) is -0.602. The quantitative estimate of drug-likeness (QED) is 0.650. The molecule has 0 aliphatic carbocycles. The van der Waals surface area contributed by atoms with Crippen molar-refractivity contribution in [3.8, 4) is 0 Å². The first kappa shape index (κ1) is 9.39. The lowest BCUT2D eigenvalue weighted by Crippen LogP contribution is -2.57. The van der Waals surface area contributed by atoms with Crippen molar-refractivity contribution < 1.29 is 0 Å². The highest BCUT2D eigenvalue weighted by molar-refractivity contribution is 5.30. The average Bonchev–Trinajstić information content (AvgIpc) is 2.49. The Hall–Kier alpha value is -1.17. The average molecular weight is 196 g/mol. The summed E-state index contributed by atoms with van der Waals surface area (Å²) in [5.74, 6) is 0.847. The molecular formula is C8H16N6. The van der Waals surface area contributed by atoms with Crippen LogP contribution in [0.15, 0.2) is 0 Å². The van der Waals surface area contributed by atoms with E-state index in [9.17, 15) is 0 Å². The third kappa shape index (κ3) is 1.70. The van der Waals surface area contributed by atoms with Gasteiger partial charge in [0.2, 0.25) is 5.95 Å². The molecule has 1 saturated heterocycles. The van der Waals surface area contributed by atoms with E-state index < -0.39 is 0 Å². The molecular weight excluding hydrogens is 180 g/mol. The Kier molecular flexibility index (Phi) is 2.14. The number of aryl methyl sites for hydroxylation is 1. The SMILES string of the molecule is Cn1nnnc1N1CCNC(C)(C)C1. The lowest BCUT2D eigenvalue weighted by molar-refractivity contribution is 0.348. The van der Waals surface area contributed by atoms with Crippen LogP contribution in [0.1, 0.15) is 13.8 Å². The van der Waals surface area contributed by atoms with Crippen LogP contribution < -0.4 is 10.2 Å². The van der Waals surface area contributed by atoms with E-state index in [1.807, 2.05) is 7.05 Å².